The molecule has 0 aliphatic carbocycles. The largest absolute Gasteiger partial charge is 0.312 e. The highest BCUT2D eigenvalue weighted by Crippen LogP contribution is 2.04. The smallest absolute Gasteiger partial charge is 0.255 e. The van der Waals surface area contributed by atoms with Gasteiger partial charge in [0.25, 0.3) is 10.0 Å². The second-order valence-electron chi connectivity index (χ2n) is 4.07. The Balaban J connectivity index is 2.59. The van der Waals surface area contributed by atoms with E-state index in [0.29, 0.717) is 12.5 Å². The predicted molar refractivity (Wildman–Crippen MR) is 62.2 cm³/mol. The minimum absolute atomic E-state index is 0.0971. The minimum atomic E-state index is -3.69. The van der Waals surface area contributed by atoms with Crippen molar-refractivity contribution in [2.24, 2.45) is 11.1 Å². The fraction of sp³-hybridized carbons (Fsp3) is 0.500. The molecule has 0 bridgehead atoms. The summed E-state index contributed by atoms with van der Waals surface area (Å²) in [7, 11) is -3.69. The van der Waals surface area contributed by atoms with Crippen LogP contribution in [0, 0.1) is 5.92 Å². The van der Waals surface area contributed by atoms with Crippen LogP contribution in [0.5, 0.6) is 0 Å². The van der Waals surface area contributed by atoms with Crippen LogP contribution in [-0.4, -0.2) is 19.9 Å². The van der Waals surface area contributed by atoms with Gasteiger partial charge in [-0.3, -0.25) is 0 Å². The second-order valence-corrected chi connectivity index (χ2v) is 5.58. The highest BCUT2D eigenvalue weighted by atomic mass is 32.2. The number of hydrogen-bond acceptors (Lipinski definition) is 4. The van der Waals surface area contributed by atoms with Crippen LogP contribution < -0.4 is 10.5 Å². The molecule has 1 aromatic heterocycles. The Kier molecular flexibility index (Phi) is 4.40. The molecule has 0 amide bonds. The van der Waals surface area contributed by atoms with Crippen LogP contribution in [0.3, 0.4) is 0 Å². The molecule has 1 rings (SSSR count). The average Bonchev–Trinajstić information content (AvgIpc) is 2.16. The maximum absolute atomic E-state index is 10.9. The van der Waals surface area contributed by atoms with Crippen molar-refractivity contribution in [3.63, 3.8) is 0 Å². The first-order valence-corrected chi connectivity index (χ1v) is 6.62. The molecule has 0 aromatic carbocycles. The van der Waals surface area contributed by atoms with Crippen LogP contribution in [-0.2, 0) is 16.6 Å². The molecule has 0 radical (unpaired) electrons. The molecule has 1 heterocycles. The summed E-state index contributed by atoms with van der Waals surface area (Å²) in [6, 6.07) is 3.13. The lowest BCUT2D eigenvalue weighted by Gasteiger charge is -2.07. The highest BCUT2D eigenvalue weighted by Gasteiger charge is 2.08. The molecule has 0 spiro atoms. The molecule has 90 valence electrons. The van der Waals surface area contributed by atoms with Gasteiger partial charge in [0.2, 0.25) is 0 Å². The summed E-state index contributed by atoms with van der Waals surface area (Å²) in [6.07, 6.45) is 1.52. The average molecular weight is 243 g/mol. The van der Waals surface area contributed by atoms with Crippen LogP contribution in [0.25, 0.3) is 0 Å². The summed E-state index contributed by atoms with van der Waals surface area (Å²) < 4.78 is 21.9. The van der Waals surface area contributed by atoms with E-state index in [9.17, 15) is 8.42 Å². The summed E-state index contributed by atoms with van der Waals surface area (Å²) in [5.41, 5.74) is 0.938. The van der Waals surface area contributed by atoms with Gasteiger partial charge < -0.3 is 5.32 Å². The molecule has 0 aliphatic heterocycles. The molecule has 0 saturated heterocycles. The van der Waals surface area contributed by atoms with Crippen molar-refractivity contribution in [1.29, 1.82) is 0 Å². The lowest BCUT2D eigenvalue weighted by Crippen LogP contribution is -2.19. The number of sulfonamides is 1. The van der Waals surface area contributed by atoms with Gasteiger partial charge in [-0.15, -0.1) is 0 Å². The van der Waals surface area contributed by atoms with Gasteiger partial charge in [-0.1, -0.05) is 19.9 Å². The molecule has 0 unspecified atom stereocenters. The maximum Gasteiger partial charge on any atom is 0.255 e. The molecule has 16 heavy (non-hydrogen) atoms. The van der Waals surface area contributed by atoms with Gasteiger partial charge in [-0.05, 0) is 24.1 Å². The van der Waals surface area contributed by atoms with E-state index in [-0.39, 0.29) is 5.03 Å². The third-order valence-electron chi connectivity index (χ3n) is 1.97. The number of pyridine rings is 1. The maximum atomic E-state index is 10.9. The lowest BCUT2D eigenvalue weighted by molar-refractivity contribution is 0.551. The summed E-state index contributed by atoms with van der Waals surface area (Å²) in [5.74, 6) is 0.580. The summed E-state index contributed by atoms with van der Waals surface area (Å²) in [4.78, 5) is 3.79. The van der Waals surface area contributed by atoms with Crippen molar-refractivity contribution in [3.05, 3.63) is 23.9 Å². The van der Waals surface area contributed by atoms with E-state index in [2.05, 4.69) is 24.1 Å². The standard InChI is InChI=1S/C10H17N3O2S/c1-8(2)5-12-6-9-3-4-10(13-7-9)16(11,14)15/h3-4,7-8,12H,5-6H2,1-2H3,(H2,11,14,15). The number of aromatic nitrogens is 1. The van der Waals surface area contributed by atoms with Crippen LogP contribution in [0.2, 0.25) is 0 Å². The Morgan fingerprint density at radius 1 is 1.44 bits per heavy atom. The summed E-state index contributed by atoms with van der Waals surface area (Å²) in [6.45, 7) is 5.83. The number of nitrogens with two attached hydrogens (primary N) is 1. The predicted octanol–water partition coefficient (Wildman–Crippen LogP) is 0.475. The van der Waals surface area contributed by atoms with Gasteiger partial charge in [-0.25, -0.2) is 18.5 Å². The summed E-state index contributed by atoms with van der Waals surface area (Å²) in [5, 5.41) is 8.08. The molecular weight excluding hydrogens is 226 g/mol. The first-order chi connectivity index (χ1) is 7.39. The fourth-order valence-corrected chi connectivity index (χ4v) is 1.65. The van der Waals surface area contributed by atoms with Crippen LogP contribution in [0.4, 0.5) is 0 Å². The summed E-state index contributed by atoms with van der Waals surface area (Å²) >= 11 is 0. The van der Waals surface area contributed by atoms with E-state index >= 15 is 0 Å². The zero-order valence-corrected chi connectivity index (χ0v) is 10.3. The van der Waals surface area contributed by atoms with Crippen LogP contribution in [0.1, 0.15) is 19.4 Å². The highest BCUT2D eigenvalue weighted by molar-refractivity contribution is 7.89. The molecule has 0 atom stereocenters. The van der Waals surface area contributed by atoms with E-state index in [4.69, 9.17) is 5.14 Å². The SMILES string of the molecule is CC(C)CNCc1ccc(S(N)(=O)=O)nc1. The number of nitrogens with one attached hydrogen (secondary N) is 1. The van der Waals surface area contributed by atoms with Crippen LogP contribution in [0.15, 0.2) is 23.4 Å². The Hall–Kier alpha value is -0.980. The van der Waals surface area contributed by atoms with E-state index in [1.54, 1.807) is 6.07 Å². The first-order valence-electron chi connectivity index (χ1n) is 5.08. The van der Waals surface area contributed by atoms with E-state index < -0.39 is 10.0 Å². The van der Waals surface area contributed by atoms with Gasteiger partial charge in [-0.2, -0.15) is 0 Å². The van der Waals surface area contributed by atoms with Crippen molar-refractivity contribution >= 4 is 10.0 Å². The Labute approximate surface area is 96.1 Å². The van der Waals surface area contributed by atoms with Gasteiger partial charge in [0, 0.05) is 12.7 Å². The molecule has 3 N–H and O–H groups in total. The van der Waals surface area contributed by atoms with Crippen molar-refractivity contribution < 1.29 is 8.42 Å². The topological polar surface area (TPSA) is 85.1 Å². The van der Waals surface area contributed by atoms with Gasteiger partial charge >= 0.3 is 0 Å². The molecule has 0 saturated carbocycles. The monoisotopic (exact) mass is 243 g/mol. The van der Waals surface area contributed by atoms with Crippen molar-refractivity contribution in [3.8, 4) is 0 Å². The Morgan fingerprint density at radius 3 is 2.56 bits per heavy atom. The van der Waals surface area contributed by atoms with E-state index in [1.807, 2.05) is 0 Å². The Morgan fingerprint density at radius 2 is 2.12 bits per heavy atom. The number of hydrogen-bond donors (Lipinski definition) is 2. The first kappa shape index (κ1) is 13.1. The quantitative estimate of drug-likeness (QED) is 0.787. The Bertz CT molecular complexity index is 426. The molecule has 6 heteroatoms. The van der Waals surface area contributed by atoms with Gasteiger partial charge in [0.15, 0.2) is 5.03 Å². The third kappa shape index (κ3) is 4.26. The molecule has 0 fully saturated rings. The van der Waals surface area contributed by atoms with E-state index in [0.717, 1.165) is 12.1 Å². The normalized spacial score (nSPS) is 12.0. The minimum Gasteiger partial charge on any atom is -0.312 e. The van der Waals surface area contributed by atoms with Gasteiger partial charge in [0.05, 0.1) is 0 Å². The van der Waals surface area contributed by atoms with Gasteiger partial charge in [0.1, 0.15) is 0 Å². The third-order valence-corrected chi connectivity index (χ3v) is 2.80. The van der Waals surface area contributed by atoms with Crippen molar-refractivity contribution in [2.45, 2.75) is 25.4 Å². The molecule has 5 nitrogen and oxygen atoms in total. The zero-order chi connectivity index (χ0) is 12.2. The fourth-order valence-electron chi connectivity index (χ4n) is 1.19. The van der Waals surface area contributed by atoms with E-state index in [1.165, 1.54) is 12.3 Å². The number of primary sulfonamides is 1. The number of nitrogens with zero attached hydrogens (tertiary/aromatic N) is 1. The molecule has 0 aliphatic rings. The molecular formula is C10H17N3O2S. The number of rotatable bonds is 5. The van der Waals surface area contributed by atoms with Crippen molar-refractivity contribution in [2.75, 3.05) is 6.54 Å². The zero-order valence-electron chi connectivity index (χ0n) is 9.47. The molecule has 1 aromatic rings. The second kappa shape index (κ2) is 5.38. The lowest BCUT2D eigenvalue weighted by atomic mass is 10.2. The van der Waals surface area contributed by atoms with Crippen molar-refractivity contribution in [1.82, 2.24) is 10.3 Å². The van der Waals surface area contributed by atoms with Crippen LogP contribution >= 0.6 is 0 Å².